The molecule has 148 valence electrons. The van der Waals surface area contributed by atoms with E-state index >= 15 is 0 Å². The fourth-order valence-corrected chi connectivity index (χ4v) is 4.83. The molecule has 1 saturated carbocycles. The van der Waals surface area contributed by atoms with Crippen LogP contribution in [0.25, 0.3) is 10.9 Å². The second kappa shape index (κ2) is 7.73. The lowest BCUT2D eigenvalue weighted by Crippen LogP contribution is -2.46. The summed E-state index contributed by atoms with van der Waals surface area (Å²) in [6, 6.07) is 6.53. The van der Waals surface area contributed by atoms with Crippen molar-refractivity contribution < 1.29 is 14.7 Å². The van der Waals surface area contributed by atoms with Crippen LogP contribution in [0.15, 0.2) is 29.1 Å². The summed E-state index contributed by atoms with van der Waals surface area (Å²) in [5.74, 6) is -0.117. The smallest absolute Gasteiger partial charge is 0.326 e. The minimum atomic E-state index is -0.900. The highest BCUT2D eigenvalue weighted by atomic mass is 16.4. The Kier molecular flexibility index (Phi) is 5.15. The molecule has 7 nitrogen and oxygen atoms in total. The van der Waals surface area contributed by atoms with E-state index in [1.807, 2.05) is 6.07 Å². The molecule has 1 saturated heterocycles. The van der Waals surface area contributed by atoms with Gasteiger partial charge in [0.25, 0.3) is 5.56 Å². The summed E-state index contributed by atoms with van der Waals surface area (Å²) in [6.45, 7) is 0. The topological polar surface area (TPSA) is 103 Å². The lowest BCUT2D eigenvalue weighted by atomic mass is 9.84. The van der Waals surface area contributed by atoms with Gasteiger partial charge in [0.15, 0.2) is 0 Å². The van der Waals surface area contributed by atoms with E-state index in [1.54, 1.807) is 23.1 Å². The van der Waals surface area contributed by atoms with Crippen molar-refractivity contribution >= 4 is 22.8 Å². The molecule has 2 aromatic rings. The molecule has 1 aromatic heterocycles. The van der Waals surface area contributed by atoms with Crippen LogP contribution in [-0.4, -0.2) is 43.9 Å². The molecule has 1 aromatic carbocycles. The number of aromatic nitrogens is 2. The van der Waals surface area contributed by atoms with Crippen molar-refractivity contribution in [2.24, 2.45) is 5.92 Å². The number of amides is 1. The van der Waals surface area contributed by atoms with Crippen LogP contribution >= 0.6 is 0 Å². The number of aromatic amines is 1. The zero-order valence-corrected chi connectivity index (χ0v) is 15.8. The number of nitrogens with zero attached hydrogens (tertiary/aromatic N) is 2. The molecule has 2 heterocycles. The molecule has 1 aliphatic carbocycles. The number of fused-ring (bicyclic) bond motifs is 2. The van der Waals surface area contributed by atoms with Crippen molar-refractivity contribution in [2.45, 2.75) is 63.5 Å². The third-order valence-electron chi connectivity index (χ3n) is 6.13. The van der Waals surface area contributed by atoms with Gasteiger partial charge in [-0.1, -0.05) is 25.0 Å². The van der Waals surface area contributed by atoms with Gasteiger partial charge in [-0.3, -0.25) is 9.59 Å². The number of carbonyl (C=O) groups excluding carboxylic acids is 1. The molecular weight excluding hydrogens is 358 g/mol. The first kappa shape index (κ1) is 18.7. The first-order chi connectivity index (χ1) is 13.5. The van der Waals surface area contributed by atoms with Gasteiger partial charge >= 0.3 is 5.97 Å². The summed E-state index contributed by atoms with van der Waals surface area (Å²) in [5.41, 5.74) is 0.463. The lowest BCUT2D eigenvalue weighted by Gasteiger charge is -2.33. The Labute approximate surface area is 162 Å². The summed E-state index contributed by atoms with van der Waals surface area (Å²) < 4.78 is 0. The maximum absolute atomic E-state index is 12.9. The number of carboxylic acids is 1. The number of para-hydroxylation sites is 1. The summed E-state index contributed by atoms with van der Waals surface area (Å²) in [6.07, 6.45) is 5.94. The van der Waals surface area contributed by atoms with Crippen molar-refractivity contribution in [3.63, 3.8) is 0 Å². The molecule has 0 radical (unpaired) electrons. The van der Waals surface area contributed by atoms with Crippen molar-refractivity contribution in [3.8, 4) is 0 Å². The molecule has 7 heteroatoms. The standard InChI is InChI=1S/C21H25N3O4/c25-19(24-16-9-4-1-6-13(16)12-17(24)21(27)28)11-5-10-18-22-15-8-3-2-7-14(15)20(26)23-18/h2-3,7-8,13,16-17H,1,4-6,9-12H2,(H,27,28)(H,22,23,26)/t13-,16+,17+/m1/s1. The van der Waals surface area contributed by atoms with E-state index in [9.17, 15) is 19.5 Å². The van der Waals surface area contributed by atoms with Gasteiger partial charge in [0.2, 0.25) is 5.91 Å². The van der Waals surface area contributed by atoms with Crippen molar-refractivity contribution in [1.29, 1.82) is 0 Å². The average molecular weight is 383 g/mol. The van der Waals surface area contributed by atoms with Crippen LogP contribution in [0, 0.1) is 5.92 Å². The molecule has 2 fully saturated rings. The maximum atomic E-state index is 12.9. The molecule has 0 spiro atoms. The fraction of sp³-hybridized carbons (Fsp3) is 0.524. The number of likely N-dealkylation sites (tertiary alicyclic amines) is 1. The quantitative estimate of drug-likeness (QED) is 0.826. The van der Waals surface area contributed by atoms with Gasteiger partial charge in [0.05, 0.1) is 10.9 Å². The molecule has 0 bridgehead atoms. The Morgan fingerprint density at radius 2 is 2.00 bits per heavy atom. The van der Waals surface area contributed by atoms with Crippen molar-refractivity contribution in [3.05, 3.63) is 40.4 Å². The summed E-state index contributed by atoms with van der Waals surface area (Å²) >= 11 is 0. The van der Waals surface area contributed by atoms with E-state index < -0.39 is 12.0 Å². The van der Waals surface area contributed by atoms with Gasteiger partial charge < -0.3 is 15.0 Å². The Morgan fingerprint density at radius 3 is 2.82 bits per heavy atom. The number of carbonyl (C=O) groups is 2. The van der Waals surface area contributed by atoms with E-state index in [0.717, 1.165) is 25.7 Å². The van der Waals surface area contributed by atoms with E-state index in [0.29, 0.717) is 41.9 Å². The number of hydrogen-bond donors (Lipinski definition) is 2. The molecule has 4 rings (SSSR count). The zero-order chi connectivity index (χ0) is 19.7. The van der Waals surface area contributed by atoms with Crippen LogP contribution in [0.2, 0.25) is 0 Å². The molecule has 2 aliphatic rings. The van der Waals surface area contributed by atoms with Crippen molar-refractivity contribution in [2.75, 3.05) is 0 Å². The highest BCUT2D eigenvalue weighted by molar-refractivity contribution is 5.84. The molecule has 28 heavy (non-hydrogen) atoms. The van der Waals surface area contributed by atoms with Crippen molar-refractivity contribution in [1.82, 2.24) is 14.9 Å². The van der Waals surface area contributed by atoms with E-state index in [-0.39, 0.29) is 23.9 Å². The number of carboxylic acid groups (broad SMARTS) is 1. The number of benzene rings is 1. The Bertz CT molecular complexity index is 954. The minimum Gasteiger partial charge on any atom is -0.480 e. The molecule has 3 atom stereocenters. The normalized spacial score (nSPS) is 24.3. The van der Waals surface area contributed by atoms with Gasteiger partial charge in [-0.2, -0.15) is 0 Å². The first-order valence-corrected chi connectivity index (χ1v) is 10.1. The number of H-pyrrole nitrogens is 1. The number of hydrogen-bond acceptors (Lipinski definition) is 4. The molecule has 2 N–H and O–H groups in total. The first-order valence-electron chi connectivity index (χ1n) is 10.1. The number of nitrogens with one attached hydrogen (secondary N) is 1. The third-order valence-corrected chi connectivity index (χ3v) is 6.13. The Balaban J connectivity index is 1.42. The average Bonchev–Trinajstić information content (AvgIpc) is 3.08. The van der Waals surface area contributed by atoms with Crippen LogP contribution in [0.4, 0.5) is 0 Å². The van der Waals surface area contributed by atoms with Gasteiger partial charge in [-0.05, 0) is 43.7 Å². The van der Waals surface area contributed by atoms with Gasteiger partial charge in [-0.25, -0.2) is 9.78 Å². The number of aryl methyl sites for hydroxylation is 1. The second-order valence-electron chi connectivity index (χ2n) is 7.89. The van der Waals surface area contributed by atoms with Crippen LogP contribution in [0.1, 0.15) is 50.8 Å². The van der Waals surface area contributed by atoms with Gasteiger partial charge in [0, 0.05) is 18.9 Å². The fourth-order valence-electron chi connectivity index (χ4n) is 4.83. The minimum absolute atomic E-state index is 0.0703. The van der Waals surface area contributed by atoms with E-state index in [4.69, 9.17) is 0 Å². The van der Waals surface area contributed by atoms with Gasteiger partial charge in [0.1, 0.15) is 11.9 Å². The molecule has 1 amide bonds. The predicted molar refractivity (Wildman–Crippen MR) is 104 cm³/mol. The summed E-state index contributed by atoms with van der Waals surface area (Å²) in [7, 11) is 0. The van der Waals surface area contributed by atoms with E-state index in [2.05, 4.69) is 9.97 Å². The number of aliphatic carboxylic acids is 1. The molecular formula is C21H25N3O4. The summed E-state index contributed by atoms with van der Waals surface area (Å²) in [4.78, 5) is 45.6. The second-order valence-corrected chi connectivity index (χ2v) is 7.89. The van der Waals surface area contributed by atoms with Crippen LogP contribution < -0.4 is 5.56 Å². The predicted octanol–water partition coefficient (Wildman–Crippen LogP) is 2.49. The Hall–Kier alpha value is -2.70. The molecule has 0 unspecified atom stereocenters. The lowest BCUT2D eigenvalue weighted by molar-refractivity contribution is -0.149. The third kappa shape index (κ3) is 3.53. The van der Waals surface area contributed by atoms with Crippen LogP contribution in [0.5, 0.6) is 0 Å². The highest BCUT2D eigenvalue weighted by Crippen LogP contribution is 2.40. The largest absolute Gasteiger partial charge is 0.480 e. The monoisotopic (exact) mass is 383 g/mol. The highest BCUT2D eigenvalue weighted by Gasteiger charge is 2.47. The van der Waals surface area contributed by atoms with Gasteiger partial charge in [-0.15, -0.1) is 0 Å². The molecule has 1 aliphatic heterocycles. The maximum Gasteiger partial charge on any atom is 0.326 e. The SMILES string of the molecule is O=C(O)[C@@H]1C[C@H]2CCCC[C@@H]2N1C(=O)CCCc1nc2ccccc2c(=O)[nH]1. The van der Waals surface area contributed by atoms with Crippen LogP contribution in [-0.2, 0) is 16.0 Å². The van der Waals surface area contributed by atoms with Crippen LogP contribution in [0.3, 0.4) is 0 Å². The Morgan fingerprint density at radius 1 is 1.21 bits per heavy atom. The summed E-state index contributed by atoms with van der Waals surface area (Å²) in [5, 5.41) is 10.1. The number of rotatable bonds is 5. The zero-order valence-electron chi connectivity index (χ0n) is 15.8. The van der Waals surface area contributed by atoms with E-state index in [1.165, 1.54) is 0 Å².